The average Bonchev–Trinajstić information content (AvgIpc) is 3.09. The quantitative estimate of drug-likeness (QED) is 0.406. The first-order valence-corrected chi connectivity index (χ1v) is 12.2. The molecule has 1 fully saturated rings. The second-order valence-corrected chi connectivity index (χ2v) is 9.96. The van der Waals surface area contributed by atoms with Gasteiger partial charge < -0.3 is 9.30 Å². The van der Waals surface area contributed by atoms with Gasteiger partial charge in [0.2, 0.25) is 10.0 Å². The summed E-state index contributed by atoms with van der Waals surface area (Å²) in [5.74, 6) is -0.254. The summed E-state index contributed by atoms with van der Waals surface area (Å²) in [5.41, 5.74) is 0.804. The Labute approximate surface area is 202 Å². The van der Waals surface area contributed by atoms with Crippen LogP contribution in [0.15, 0.2) is 29.4 Å². The van der Waals surface area contributed by atoms with E-state index in [4.69, 9.17) is 11.6 Å². The normalized spacial score (nSPS) is 14.5. The molecule has 0 spiro atoms. The minimum absolute atomic E-state index is 0.00332. The lowest BCUT2D eigenvalue weighted by atomic mass is 9.92. The van der Waals surface area contributed by atoms with Crippen LogP contribution in [0.5, 0.6) is 5.75 Å². The number of fused-ring (bicyclic) bond motifs is 1. The van der Waals surface area contributed by atoms with Crippen LogP contribution >= 0.6 is 11.6 Å². The van der Waals surface area contributed by atoms with Crippen molar-refractivity contribution in [2.75, 3.05) is 13.3 Å². The van der Waals surface area contributed by atoms with Crippen molar-refractivity contribution in [3.8, 4) is 23.3 Å². The number of ether oxygens (including phenoxy) is 1. The average molecular weight is 532 g/mol. The highest BCUT2D eigenvalue weighted by atomic mass is 35.5. The van der Waals surface area contributed by atoms with Crippen LogP contribution < -0.4 is 9.46 Å². The van der Waals surface area contributed by atoms with E-state index < -0.39 is 40.9 Å². The van der Waals surface area contributed by atoms with Crippen LogP contribution in [-0.2, 0) is 10.0 Å². The third-order valence-corrected chi connectivity index (χ3v) is 7.44. The van der Waals surface area contributed by atoms with E-state index in [1.165, 1.54) is 12.1 Å². The highest BCUT2D eigenvalue weighted by Gasteiger charge is 2.30. The zero-order valence-corrected chi connectivity index (χ0v) is 19.5. The maximum atomic E-state index is 12.9. The molecular formula is C21H18ClF4N5O3S. The summed E-state index contributed by atoms with van der Waals surface area (Å²) in [5, 5.41) is 10.2. The molecule has 0 saturated heterocycles. The summed E-state index contributed by atoms with van der Waals surface area (Å²) < 4.78 is 84.2. The molecule has 186 valence electrons. The van der Waals surface area contributed by atoms with Gasteiger partial charge in [0.15, 0.2) is 5.82 Å². The van der Waals surface area contributed by atoms with Crippen LogP contribution in [0.25, 0.3) is 22.4 Å². The van der Waals surface area contributed by atoms with Gasteiger partial charge in [0.1, 0.15) is 35.8 Å². The predicted octanol–water partition coefficient (Wildman–Crippen LogP) is 4.54. The SMILES string of the molecule is N#Cc1c(-c2ncc(S(=O)(=O)NC(CF)CF)cn2)n(C2CCC2)c2cc(OC(F)F)c(Cl)cc12. The molecule has 35 heavy (non-hydrogen) atoms. The molecule has 0 aliphatic heterocycles. The molecule has 0 atom stereocenters. The second kappa shape index (κ2) is 9.96. The molecule has 1 aliphatic rings. The maximum absolute atomic E-state index is 12.9. The lowest BCUT2D eigenvalue weighted by molar-refractivity contribution is -0.0497. The number of sulfonamides is 1. The molecule has 4 rings (SSSR count). The number of halogens is 5. The standard InChI is InChI=1S/C21H18ClF4N5O3S/c22-16-4-14-15(8-27)19(31(12-2-1-3-12)17(14)5-18(16)34-21(25)26)20-28-9-13(10-29-20)35(32,33)30-11(6-23)7-24/h4-5,9-12,21,30H,1-3,6-7H2. The number of alkyl halides is 4. The molecule has 1 saturated carbocycles. The first-order valence-electron chi connectivity index (χ1n) is 10.4. The van der Waals surface area contributed by atoms with E-state index in [1.807, 2.05) is 4.72 Å². The fourth-order valence-corrected chi connectivity index (χ4v) is 5.11. The number of aromatic nitrogens is 3. The topological polar surface area (TPSA) is 110 Å². The van der Waals surface area contributed by atoms with E-state index in [9.17, 15) is 31.2 Å². The molecule has 3 aromatic rings. The number of rotatable bonds is 9. The van der Waals surface area contributed by atoms with E-state index in [1.54, 1.807) is 4.57 Å². The zero-order chi connectivity index (χ0) is 25.3. The minimum Gasteiger partial charge on any atom is -0.433 e. The number of nitrogens with zero attached hydrogens (tertiary/aromatic N) is 4. The van der Waals surface area contributed by atoms with Crippen LogP contribution in [0.3, 0.4) is 0 Å². The summed E-state index contributed by atoms with van der Waals surface area (Å²) in [6.07, 6.45) is 4.33. The van der Waals surface area contributed by atoms with Gasteiger partial charge in [-0.2, -0.15) is 14.0 Å². The van der Waals surface area contributed by atoms with Crippen molar-refractivity contribution < 1.29 is 30.7 Å². The fourth-order valence-electron chi connectivity index (χ4n) is 3.82. The molecule has 0 amide bonds. The highest BCUT2D eigenvalue weighted by Crippen LogP contribution is 2.44. The molecular weight excluding hydrogens is 514 g/mol. The van der Waals surface area contributed by atoms with Gasteiger partial charge in [-0.05, 0) is 25.3 Å². The molecule has 0 radical (unpaired) electrons. The van der Waals surface area contributed by atoms with Crippen LogP contribution in [0.4, 0.5) is 17.6 Å². The van der Waals surface area contributed by atoms with E-state index in [0.29, 0.717) is 10.9 Å². The Morgan fingerprint density at radius 1 is 1.23 bits per heavy atom. The van der Waals surface area contributed by atoms with Crippen molar-refractivity contribution in [3.63, 3.8) is 0 Å². The van der Waals surface area contributed by atoms with Crippen molar-refractivity contribution >= 4 is 32.5 Å². The Bertz CT molecular complexity index is 1380. The van der Waals surface area contributed by atoms with Crippen molar-refractivity contribution in [1.82, 2.24) is 19.3 Å². The van der Waals surface area contributed by atoms with Crippen LogP contribution in [-0.4, -0.2) is 49.0 Å². The Balaban J connectivity index is 1.85. The third kappa shape index (κ3) is 4.78. The molecule has 8 nitrogen and oxygen atoms in total. The molecule has 0 bridgehead atoms. The molecule has 2 heterocycles. The van der Waals surface area contributed by atoms with Gasteiger partial charge in [-0.25, -0.2) is 31.9 Å². The van der Waals surface area contributed by atoms with E-state index in [0.717, 1.165) is 31.7 Å². The zero-order valence-electron chi connectivity index (χ0n) is 17.9. The molecule has 1 aromatic carbocycles. The number of benzene rings is 1. The van der Waals surface area contributed by atoms with Gasteiger partial charge in [-0.15, -0.1) is 0 Å². The van der Waals surface area contributed by atoms with Gasteiger partial charge in [0.05, 0.1) is 34.5 Å². The lowest BCUT2D eigenvalue weighted by Gasteiger charge is -2.29. The van der Waals surface area contributed by atoms with Crippen molar-refractivity contribution in [2.24, 2.45) is 0 Å². The van der Waals surface area contributed by atoms with Crippen molar-refractivity contribution in [3.05, 3.63) is 35.1 Å². The third-order valence-electron chi connectivity index (χ3n) is 5.67. The summed E-state index contributed by atoms with van der Waals surface area (Å²) in [4.78, 5) is 7.77. The Morgan fingerprint density at radius 2 is 1.89 bits per heavy atom. The highest BCUT2D eigenvalue weighted by molar-refractivity contribution is 7.89. The molecule has 1 aliphatic carbocycles. The van der Waals surface area contributed by atoms with E-state index >= 15 is 0 Å². The molecule has 14 heteroatoms. The van der Waals surface area contributed by atoms with Crippen LogP contribution in [0.2, 0.25) is 5.02 Å². The van der Waals surface area contributed by atoms with Gasteiger partial charge in [-0.1, -0.05) is 11.6 Å². The van der Waals surface area contributed by atoms with E-state index in [-0.39, 0.29) is 33.9 Å². The molecule has 0 unspecified atom stereocenters. The monoisotopic (exact) mass is 531 g/mol. The molecule has 1 N–H and O–H groups in total. The number of hydrogen-bond acceptors (Lipinski definition) is 6. The number of hydrogen-bond donors (Lipinski definition) is 1. The second-order valence-electron chi connectivity index (χ2n) is 7.84. The van der Waals surface area contributed by atoms with Crippen molar-refractivity contribution in [2.45, 2.75) is 42.9 Å². The number of nitriles is 1. The minimum atomic E-state index is -4.30. The van der Waals surface area contributed by atoms with E-state index in [2.05, 4.69) is 20.8 Å². The molecule has 2 aromatic heterocycles. The predicted molar refractivity (Wildman–Crippen MR) is 118 cm³/mol. The van der Waals surface area contributed by atoms with Crippen molar-refractivity contribution in [1.29, 1.82) is 5.26 Å². The lowest BCUT2D eigenvalue weighted by Crippen LogP contribution is -2.38. The largest absolute Gasteiger partial charge is 0.433 e. The Morgan fingerprint density at radius 3 is 2.40 bits per heavy atom. The van der Waals surface area contributed by atoms with Gasteiger partial charge >= 0.3 is 6.61 Å². The Hall–Kier alpha value is -2.95. The fraction of sp³-hybridized carbons (Fsp3) is 0.381. The maximum Gasteiger partial charge on any atom is 0.387 e. The summed E-state index contributed by atoms with van der Waals surface area (Å²) in [7, 11) is -4.30. The summed E-state index contributed by atoms with van der Waals surface area (Å²) in [6.45, 7) is -5.57. The van der Waals surface area contributed by atoms with Gasteiger partial charge in [0, 0.05) is 17.5 Å². The van der Waals surface area contributed by atoms with Gasteiger partial charge in [0.25, 0.3) is 0 Å². The van der Waals surface area contributed by atoms with Crippen LogP contribution in [0, 0.1) is 11.3 Å². The summed E-state index contributed by atoms with van der Waals surface area (Å²) >= 11 is 6.11. The van der Waals surface area contributed by atoms with Crippen LogP contribution in [0.1, 0.15) is 30.9 Å². The number of nitrogens with one attached hydrogen (secondary N) is 1. The first kappa shape index (κ1) is 25.2. The first-order chi connectivity index (χ1) is 16.7. The van der Waals surface area contributed by atoms with Gasteiger partial charge in [-0.3, -0.25) is 0 Å². The summed E-state index contributed by atoms with van der Waals surface area (Å²) in [6, 6.07) is 3.12. The Kier molecular flexibility index (Phi) is 7.16. The smallest absolute Gasteiger partial charge is 0.387 e.